The average Bonchev–Trinajstić information content (AvgIpc) is 3.41. The number of hydrogen-bond donors (Lipinski definition) is 1. The molecule has 0 saturated carbocycles. The SMILES string of the molecule is Cn1c(=O)c2c(nc(NCc3ccc4c(c3)OCO4)n2Cc2c(F)cccc2Cl)n(C)c1=O. The Balaban J connectivity index is 1.62. The fourth-order valence-electron chi connectivity index (χ4n) is 3.81. The predicted octanol–water partition coefficient (Wildman–Crippen LogP) is 2.62. The molecular formula is C22H19ClFN5O4. The fourth-order valence-corrected chi connectivity index (χ4v) is 4.03. The molecule has 11 heteroatoms. The zero-order valence-electron chi connectivity index (χ0n) is 17.8. The Kier molecular flexibility index (Phi) is 5.09. The van der Waals surface area contributed by atoms with Gasteiger partial charge in [0.15, 0.2) is 22.7 Å². The number of anilines is 1. The summed E-state index contributed by atoms with van der Waals surface area (Å²) in [6, 6.07) is 9.90. The highest BCUT2D eigenvalue weighted by molar-refractivity contribution is 6.31. The molecule has 0 bridgehead atoms. The third-order valence-electron chi connectivity index (χ3n) is 5.61. The maximum atomic E-state index is 14.6. The molecule has 0 unspecified atom stereocenters. The lowest BCUT2D eigenvalue weighted by Gasteiger charge is -2.13. The molecule has 33 heavy (non-hydrogen) atoms. The number of rotatable bonds is 5. The van der Waals surface area contributed by atoms with Crippen LogP contribution in [0.4, 0.5) is 10.3 Å². The van der Waals surface area contributed by atoms with Crippen LogP contribution < -0.4 is 26.0 Å². The quantitative estimate of drug-likeness (QED) is 0.481. The summed E-state index contributed by atoms with van der Waals surface area (Å²) in [7, 11) is 2.91. The van der Waals surface area contributed by atoms with E-state index in [1.165, 1.54) is 35.4 Å². The van der Waals surface area contributed by atoms with Gasteiger partial charge in [-0.2, -0.15) is 4.98 Å². The molecular weight excluding hydrogens is 453 g/mol. The van der Waals surface area contributed by atoms with Crippen molar-refractivity contribution in [1.82, 2.24) is 18.7 Å². The van der Waals surface area contributed by atoms with E-state index in [2.05, 4.69) is 10.3 Å². The van der Waals surface area contributed by atoms with Crippen molar-refractivity contribution in [1.29, 1.82) is 0 Å². The second-order valence-electron chi connectivity index (χ2n) is 7.64. The van der Waals surface area contributed by atoms with Crippen molar-refractivity contribution in [3.05, 3.63) is 79.2 Å². The third-order valence-corrected chi connectivity index (χ3v) is 5.97. The Morgan fingerprint density at radius 3 is 2.70 bits per heavy atom. The first-order valence-electron chi connectivity index (χ1n) is 10.1. The fraction of sp³-hybridized carbons (Fsp3) is 0.227. The van der Waals surface area contributed by atoms with Gasteiger partial charge in [-0.05, 0) is 29.8 Å². The molecule has 1 aliphatic heterocycles. The Morgan fingerprint density at radius 1 is 1.12 bits per heavy atom. The lowest BCUT2D eigenvalue weighted by Crippen LogP contribution is -2.37. The van der Waals surface area contributed by atoms with Crippen molar-refractivity contribution in [2.75, 3.05) is 12.1 Å². The molecule has 1 N–H and O–H groups in total. The molecule has 0 radical (unpaired) electrons. The molecule has 0 spiro atoms. The van der Waals surface area contributed by atoms with Gasteiger partial charge in [0.1, 0.15) is 5.82 Å². The maximum Gasteiger partial charge on any atom is 0.332 e. The minimum Gasteiger partial charge on any atom is -0.454 e. The standard InChI is InChI=1S/C22H19ClFN5O4/c1-27-19-18(20(30)28(2)22(27)31)29(10-13-14(23)4-3-5-15(13)24)21(26-19)25-9-12-6-7-16-17(8-12)33-11-32-16/h3-8H,9-11H2,1-2H3,(H,25,26). The van der Waals surface area contributed by atoms with Crippen LogP contribution in [0.5, 0.6) is 11.5 Å². The lowest BCUT2D eigenvalue weighted by molar-refractivity contribution is 0.174. The van der Waals surface area contributed by atoms with Gasteiger partial charge in [-0.15, -0.1) is 0 Å². The Bertz CT molecular complexity index is 1500. The lowest BCUT2D eigenvalue weighted by atomic mass is 10.2. The highest BCUT2D eigenvalue weighted by Gasteiger charge is 2.21. The third kappa shape index (κ3) is 3.52. The number of halogens is 2. The molecule has 0 amide bonds. The van der Waals surface area contributed by atoms with Crippen LogP contribution in [-0.2, 0) is 27.2 Å². The van der Waals surface area contributed by atoms with Crippen molar-refractivity contribution in [3.63, 3.8) is 0 Å². The number of benzene rings is 2. The Labute approximate surface area is 191 Å². The number of ether oxygens (including phenoxy) is 2. The molecule has 5 rings (SSSR count). The largest absolute Gasteiger partial charge is 0.454 e. The first-order chi connectivity index (χ1) is 15.8. The van der Waals surface area contributed by atoms with Crippen LogP contribution in [0.25, 0.3) is 11.2 Å². The maximum absolute atomic E-state index is 14.6. The van der Waals surface area contributed by atoms with Gasteiger partial charge < -0.3 is 14.8 Å². The molecule has 170 valence electrons. The molecule has 4 aromatic rings. The van der Waals surface area contributed by atoms with Gasteiger partial charge in [0.25, 0.3) is 5.56 Å². The molecule has 0 fully saturated rings. The van der Waals surface area contributed by atoms with E-state index in [-0.39, 0.29) is 35.1 Å². The Morgan fingerprint density at radius 2 is 1.91 bits per heavy atom. The number of hydrogen-bond acceptors (Lipinski definition) is 6. The van der Waals surface area contributed by atoms with E-state index in [1.54, 1.807) is 12.1 Å². The van der Waals surface area contributed by atoms with Crippen LogP contribution in [0.2, 0.25) is 5.02 Å². The van der Waals surface area contributed by atoms with E-state index < -0.39 is 17.1 Å². The van der Waals surface area contributed by atoms with Gasteiger partial charge >= 0.3 is 5.69 Å². The number of nitrogens with one attached hydrogen (secondary N) is 1. The summed E-state index contributed by atoms with van der Waals surface area (Å²) in [6.45, 7) is 0.445. The molecule has 0 atom stereocenters. The van der Waals surface area contributed by atoms with E-state index in [9.17, 15) is 14.0 Å². The van der Waals surface area contributed by atoms with Crippen molar-refractivity contribution >= 4 is 28.7 Å². The molecule has 2 aromatic heterocycles. The minimum absolute atomic E-state index is 0.0566. The summed E-state index contributed by atoms with van der Waals surface area (Å²) in [5.41, 5.74) is 0.382. The van der Waals surface area contributed by atoms with E-state index >= 15 is 0 Å². The topological polar surface area (TPSA) is 92.3 Å². The van der Waals surface area contributed by atoms with Crippen molar-refractivity contribution in [2.24, 2.45) is 14.1 Å². The summed E-state index contributed by atoms with van der Waals surface area (Å²) in [5, 5.41) is 3.41. The van der Waals surface area contributed by atoms with Crippen LogP contribution >= 0.6 is 11.6 Å². The molecule has 9 nitrogen and oxygen atoms in total. The zero-order chi connectivity index (χ0) is 23.3. The van der Waals surface area contributed by atoms with E-state index in [4.69, 9.17) is 21.1 Å². The predicted molar refractivity (Wildman–Crippen MR) is 121 cm³/mol. The van der Waals surface area contributed by atoms with Gasteiger partial charge in [-0.1, -0.05) is 23.7 Å². The van der Waals surface area contributed by atoms with E-state index in [0.717, 1.165) is 10.1 Å². The number of aryl methyl sites for hydroxylation is 1. The summed E-state index contributed by atoms with van der Waals surface area (Å²) in [4.78, 5) is 29.9. The van der Waals surface area contributed by atoms with Gasteiger partial charge in [-0.3, -0.25) is 18.5 Å². The van der Waals surface area contributed by atoms with Crippen molar-refractivity contribution in [3.8, 4) is 11.5 Å². The van der Waals surface area contributed by atoms with Crippen LogP contribution in [0, 0.1) is 5.82 Å². The zero-order valence-corrected chi connectivity index (χ0v) is 18.5. The van der Waals surface area contributed by atoms with Gasteiger partial charge in [0.05, 0.1) is 6.54 Å². The monoisotopic (exact) mass is 471 g/mol. The Hall–Kier alpha value is -3.79. The summed E-state index contributed by atoms with van der Waals surface area (Å²) in [6.07, 6.45) is 0. The number of fused-ring (bicyclic) bond motifs is 2. The van der Waals surface area contributed by atoms with Crippen LogP contribution in [0.3, 0.4) is 0 Å². The normalized spacial score (nSPS) is 12.5. The van der Waals surface area contributed by atoms with Crippen LogP contribution in [0.1, 0.15) is 11.1 Å². The number of nitrogens with zero attached hydrogens (tertiary/aromatic N) is 4. The van der Waals surface area contributed by atoms with Gasteiger partial charge in [0.2, 0.25) is 12.7 Å². The average molecular weight is 472 g/mol. The molecule has 3 heterocycles. The first-order valence-corrected chi connectivity index (χ1v) is 10.4. The summed E-state index contributed by atoms with van der Waals surface area (Å²) in [5.74, 6) is 1.09. The molecule has 2 aromatic carbocycles. The van der Waals surface area contributed by atoms with Crippen LogP contribution in [-0.4, -0.2) is 25.5 Å². The van der Waals surface area contributed by atoms with Crippen LogP contribution in [0.15, 0.2) is 46.0 Å². The smallest absolute Gasteiger partial charge is 0.332 e. The second-order valence-corrected chi connectivity index (χ2v) is 8.05. The number of imidazole rings is 1. The molecule has 0 saturated heterocycles. The van der Waals surface area contributed by atoms with E-state index in [0.29, 0.717) is 24.0 Å². The van der Waals surface area contributed by atoms with Gasteiger partial charge in [-0.25, -0.2) is 9.18 Å². The van der Waals surface area contributed by atoms with E-state index in [1.807, 2.05) is 12.1 Å². The highest BCUT2D eigenvalue weighted by Crippen LogP contribution is 2.33. The summed E-state index contributed by atoms with van der Waals surface area (Å²) >= 11 is 6.25. The molecule has 1 aliphatic rings. The van der Waals surface area contributed by atoms with Gasteiger partial charge in [0, 0.05) is 31.2 Å². The van der Waals surface area contributed by atoms with Crippen molar-refractivity contribution < 1.29 is 13.9 Å². The van der Waals surface area contributed by atoms with Crippen molar-refractivity contribution in [2.45, 2.75) is 13.1 Å². The highest BCUT2D eigenvalue weighted by atomic mass is 35.5. The first kappa shape index (κ1) is 21.1. The minimum atomic E-state index is -0.538. The molecule has 0 aliphatic carbocycles. The summed E-state index contributed by atoms with van der Waals surface area (Å²) < 4.78 is 29.1. The second kappa shape index (κ2) is 7.96. The number of aromatic nitrogens is 4.